The van der Waals surface area contributed by atoms with Gasteiger partial charge in [-0.15, -0.1) is 0 Å². The van der Waals surface area contributed by atoms with Crippen LogP contribution < -0.4 is 10.1 Å². The van der Waals surface area contributed by atoms with E-state index in [9.17, 15) is 22.4 Å². The molecule has 0 bridgehead atoms. The molecule has 27 heavy (non-hydrogen) atoms. The van der Waals surface area contributed by atoms with Gasteiger partial charge in [0.05, 0.1) is 24.2 Å². The minimum atomic E-state index is -3.75. The molecule has 2 rings (SSSR count). The third-order valence-electron chi connectivity index (χ3n) is 3.47. The molecule has 0 atom stereocenters. The van der Waals surface area contributed by atoms with E-state index in [0.29, 0.717) is 11.4 Å². The van der Waals surface area contributed by atoms with E-state index in [1.165, 1.54) is 7.11 Å². The Hall–Kier alpha value is -2.94. The number of sulfone groups is 1. The van der Waals surface area contributed by atoms with Crippen LogP contribution in [0.2, 0.25) is 0 Å². The number of anilines is 1. The Balaban J connectivity index is 1.80. The zero-order valence-corrected chi connectivity index (χ0v) is 15.3. The van der Waals surface area contributed by atoms with Gasteiger partial charge in [0.1, 0.15) is 11.6 Å². The number of benzene rings is 2. The molecule has 2 aromatic carbocycles. The summed E-state index contributed by atoms with van der Waals surface area (Å²) >= 11 is 0. The number of carbonyl (C=O) groups excluding carboxylic acids is 2. The summed E-state index contributed by atoms with van der Waals surface area (Å²) in [7, 11) is -2.26. The van der Waals surface area contributed by atoms with Gasteiger partial charge in [-0.25, -0.2) is 12.8 Å². The molecule has 0 heterocycles. The fourth-order valence-electron chi connectivity index (χ4n) is 2.09. The van der Waals surface area contributed by atoms with E-state index >= 15 is 0 Å². The second kappa shape index (κ2) is 9.13. The third kappa shape index (κ3) is 6.37. The number of nitrogens with one attached hydrogen (secondary N) is 1. The van der Waals surface area contributed by atoms with E-state index in [0.717, 1.165) is 24.3 Å². The van der Waals surface area contributed by atoms with Crippen LogP contribution >= 0.6 is 0 Å². The van der Waals surface area contributed by atoms with E-state index in [-0.39, 0.29) is 4.90 Å². The lowest BCUT2D eigenvalue weighted by Gasteiger charge is -2.08. The van der Waals surface area contributed by atoms with Crippen LogP contribution in [0.25, 0.3) is 0 Å². The molecule has 1 amide bonds. The molecule has 1 N–H and O–H groups in total. The zero-order valence-electron chi connectivity index (χ0n) is 14.5. The molecule has 0 radical (unpaired) electrons. The van der Waals surface area contributed by atoms with E-state index in [1.54, 1.807) is 24.3 Å². The van der Waals surface area contributed by atoms with Crippen molar-refractivity contribution in [1.82, 2.24) is 0 Å². The fraction of sp³-hybridized carbons (Fsp3) is 0.222. The Morgan fingerprint density at radius 3 is 2.48 bits per heavy atom. The maximum absolute atomic E-state index is 12.8. The lowest BCUT2D eigenvalue weighted by atomic mass is 10.3. The predicted molar refractivity (Wildman–Crippen MR) is 95.7 cm³/mol. The Morgan fingerprint density at radius 2 is 1.81 bits per heavy atom. The number of hydrogen-bond acceptors (Lipinski definition) is 6. The van der Waals surface area contributed by atoms with Gasteiger partial charge in [0.25, 0.3) is 5.91 Å². The summed E-state index contributed by atoms with van der Waals surface area (Å²) in [4.78, 5) is 23.4. The Morgan fingerprint density at radius 1 is 1.11 bits per heavy atom. The molecular formula is C18H18FNO6S. The Kier molecular flexibility index (Phi) is 6.89. The minimum absolute atomic E-state index is 0.0903. The SMILES string of the molecule is COc1cccc(NC(=O)COC(=O)CCS(=O)(=O)c2ccc(F)cc2)c1. The molecule has 0 aliphatic carbocycles. The summed E-state index contributed by atoms with van der Waals surface area (Å²) in [5.74, 6) is -1.92. The van der Waals surface area contributed by atoms with Crippen molar-refractivity contribution in [2.24, 2.45) is 0 Å². The van der Waals surface area contributed by atoms with Gasteiger partial charge in [-0.05, 0) is 36.4 Å². The molecule has 0 unspecified atom stereocenters. The summed E-state index contributed by atoms with van der Waals surface area (Å²) in [6.07, 6.45) is -0.424. The normalized spacial score (nSPS) is 10.9. The number of carbonyl (C=O) groups is 2. The van der Waals surface area contributed by atoms with Crippen LogP contribution in [0.4, 0.5) is 10.1 Å². The van der Waals surface area contributed by atoms with Gasteiger partial charge in [-0.1, -0.05) is 6.07 Å². The Bertz CT molecular complexity index is 912. The number of methoxy groups -OCH3 is 1. The van der Waals surface area contributed by atoms with Crippen molar-refractivity contribution < 1.29 is 31.9 Å². The second-order valence-corrected chi connectivity index (χ2v) is 7.57. The lowest BCUT2D eigenvalue weighted by molar-refractivity contribution is -0.146. The molecular weight excluding hydrogens is 377 g/mol. The largest absolute Gasteiger partial charge is 0.497 e. The van der Waals surface area contributed by atoms with Crippen molar-refractivity contribution in [3.05, 3.63) is 54.3 Å². The molecule has 7 nitrogen and oxygen atoms in total. The van der Waals surface area contributed by atoms with E-state index < -0.39 is 46.3 Å². The first-order valence-corrected chi connectivity index (χ1v) is 9.53. The summed E-state index contributed by atoms with van der Waals surface area (Å²) in [6, 6.07) is 10.9. The standard InChI is InChI=1S/C18H18FNO6S/c1-25-15-4-2-3-14(11-15)20-17(21)12-26-18(22)9-10-27(23,24)16-7-5-13(19)6-8-16/h2-8,11H,9-10,12H2,1H3,(H,20,21). The van der Waals surface area contributed by atoms with Gasteiger partial charge in [0.15, 0.2) is 16.4 Å². The molecule has 0 fully saturated rings. The number of esters is 1. The van der Waals surface area contributed by atoms with Crippen LogP contribution in [0.1, 0.15) is 6.42 Å². The quantitative estimate of drug-likeness (QED) is 0.543. The number of halogens is 1. The highest BCUT2D eigenvalue weighted by Crippen LogP contribution is 2.16. The summed E-state index contributed by atoms with van der Waals surface area (Å²) in [6.45, 7) is -0.549. The first-order valence-electron chi connectivity index (χ1n) is 7.88. The average Bonchev–Trinajstić information content (AvgIpc) is 2.65. The lowest BCUT2D eigenvalue weighted by Crippen LogP contribution is -2.22. The Labute approximate surface area is 156 Å². The summed E-state index contributed by atoms with van der Waals surface area (Å²) < 4.78 is 46.8. The van der Waals surface area contributed by atoms with Crippen molar-refractivity contribution in [2.45, 2.75) is 11.3 Å². The molecule has 0 saturated heterocycles. The topological polar surface area (TPSA) is 98.8 Å². The highest BCUT2D eigenvalue weighted by atomic mass is 32.2. The summed E-state index contributed by atoms with van der Waals surface area (Å²) in [5, 5.41) is 2.53. The maximum atomic E-state index is 12.8. The van der Waals surface area contributed by atoms with Gasteiger partial charge in [-0.3, -0.25) is 9.59 Å². The first kappa shape index (κ1) is 20.4. The van der Waals surface area contributed by atoms with Crippen molar-refractivity contribution in [3.63, 3.8) is 0 Å². The van der Waals surface area contributed by atoms with Gasteiger partial charge >= 0.3 is 5.97 Å². The van der Waals surface area contributed by atoms with Gasteiger partial charge in [0.2, 0.25) is 0 Å². The minimum Gasteiger partial charge on any atom is -0.497 e. The van der Waals surface area contributed by atoms with Crippen LogP contribution in [0.5, 0.6) is 5.75 Å². The number of amides is 1. The number of rotatable bonds is 8. The molecule has 0 spiro atoms. The maximum Gasteiger partial charge on any atom is 0.307 e. The molecule has 0 saturated carbocycles. The summed E-state index contributed by atoms with van der Waals surface area (Å²) in [5.41, 5.74) is 0.467. The predicted octanol–water partition coefficient (Wildman–Crippen LogP) is 2.18. The van der Waals surface area contributed by atoms with Gasteiger partial charge < -0.3 is 14.8 Å². The molecule has 144 valence electrons. The van der Waals surface area contributed by atoms with Crippen LogP contribution in [0.3, 0.4) is 0 Å². The average molecular weight is 395 g/mol. The van der Waals surface area contributed by atoms with Gasteiger partial charge in [0, 0.05) is 11.8 Å². The van der Waals surface area contributed by atoms with Crippen LogP contribution in [0, 0.1) is 5.82 Å². The van der Waals surface area contributed by atoms with Crippen LogP contribution in [-0.2, 0) is 24.2 Å². The third-order valence-corrected chi connectivity index (χ3v) is 5.20. The van der Waals surface area contributed by atoms with Gasteiger partial charge in [-0.2, -0.15) is 0 Å². The second-order valence-electron chi connectivity index (χ2n) is 5.46. The van der Waals surface area contributed by atoms with Crippen molar-refractivity contribution >= 4 is 27.4 Å². The van der Waals surface area contributed by atoms with Crippen molar-refractivity contribution in [2.75, 3.05) is 24.8 Å². The molecule has 9 heteroatoms. The van der Waals surface area contributed by atoms with E-state index in [4.69, 9.17) is 9.47 Å². The highest BCUT2D eigenvalue weighted by molar-refractivity contribution is 7.91. The zero-order chi connectivity index (χ0) is 19.9. The monoisotopic (exact) mass is 395 g/mol. The van der Waals surface area contributed by atoms with Crippen LogP contribution in [0.15, 0.2) is 53.4 Å². The highest BCUT2D eigenvalue weighted by Gasteiger charge is 2.18. The molecule has 0 aliphatic heterocycles. The smallest absolute Gasteiger partial charge is 0.307 e. The van der Waals surface area contributed by atoms with Crippen molar-refractivity contribution in [3.8, 4) is 5.75 Å². The van der Waals surface area contributed by atoms with E-state index in [2.05, 4.69) is 5.32 Å². The number of hydrogen-bond donors (Lipinski definition) is 1. The van der Waals surface area contributed by atoms with E-state index in [1.807, 2.05) is 0 Å². The molecule has 0 aromatic heterocycles. The first-order chi connectivity index (χ1) is 12.8. The van der Waals surface area contributed by atoms with Crippen LogP contribution in [-0.4, -0.2) is 39.8 Å². The van der Waals surface area contributed by atoms with Crippen molar-refractivity contribution in [1.29, 1.82) is 0 Å². The molecule has 2 aromatic rings. The number of ether oxygens (including phenoxy) is 2. The molecule has 0 aliphatic rings. The fourth-order valence-corrected chi connectivity index (χ4v) is 3.32.